The molecular formula is C56H95NO3. The summed E-state index contributed by atoms with van der Waals surface area (Å²) in [4.78, 5) is 12.4. The van der Waals surface area contributed by atoms with Crippen LogP contribution in [0.3, 0.4) is 0 Å². The van der Waals surface area contributed by atoms with Crippen molar-refractivity contribution in [3.63, 3.8) is 0 Å². The van der Waals surface area contributed by atoms with Gasteiger partial charge in [-0.15, -0.1) is 0 Å². The molecule has 0 radical (unpaired) electrons. The fraction of sp³-hybridized carbons (Fsp3) is 0.661. The number of hydrogen-bond donors (Lipinski definition) is 3. The highest BCUT2D eigenvalue weighted by molar-refractivity contribution is 5.76. The van der Waals surface area contributed by atoms with Crippen molar-refractivity contribution in [3.05, 3.63) is 109 Å². The Morgan fingerprint density at radius 2 is 0.750 bits per heavy atom. The van der Waals surface area contributed by atoms with Crippen molar-refractivity contribution < 1.29 is 15.0 Å². The van der Waals surface area contributed by atoms with Crippen molar-refractivity contribution in [3.8, 4) is 0 Å². The largest absolute Gasteiger partial charge is 0.394 e. The standard InChI is InChI=1S/C56H95NO3/c1-3-5-7-9-11-13-15-17-19-21-23-25-27-28-30-32-34-36-38-40-42-44-46-48-50-52-56(60)57-54(53-58)55(59)51-49-47-45-43-41-39-37-35-33-31-29-26-24-22-20-18-16-14-12-10-8-6-4-2/h5,7,11,13,17,19,23,25,28,30,33-36,41,43,49,51,54-55,58-59H,3-4,6,8-10,12,14-16,18,20-22,24,26-27,29,31-32,37-40,42,44-48,50,52-53H2,1-2H3,(H,57,60)/b7-5-,13-11-,19-17-,25-23-,30-28-,35-33+,36-34-,43-41+,51-49+. The number of rotatable bonds is 44. The Hall–Kier alpha value is -2.95. The van der Waals surface area contributed by atoms with Crippen LogP contribution in [0.25, 0.3) is 0 Å². The molecule has 60 heavy (non-hydrogen) atoms. The van der Waals surface area contributed by atoms with Gasteiger partial charge in [0.2, 0.25) is 5.91 Å². The minimum absolute atomic E-state index is 0.0968. The summed E-state index contributed by atoms with van der Waals surface area (Å²) in [6.45, 7) is 4.17. The number of nitrogens with one attached hydrogen (secondary N) is 1. The lowest BCUT2D eigenvalue weighted by molar-refractivity contribution is -0.123. The third kappa shape index (κ3) is 46.1. The molecule has 342 valence electrons. The Bertz CT molecular complexity index is 1170. The number of carbonyl (C=O) groups is 1. The highest BCUT2D eigenvalue weighted by Gasteiger charge is 2.17. The zero-order valence-corrected chi connectivity index (χ0v) is 39.2. The lowest BCUT2D eigenvalue weighted by Crippen LogP contribution is -2.45. The second-order valence-electron chi connectivity index (χ2n) is 16.5. The summed E-state index contributed by atoms with van der Waals surface area (Å²) in [5, 5.41) is 23.1. The SMILES string of the molecule is CC/C=C\C/C=C\C/C=C\C/C=C\C/C=C\C/C=C\CCCCCCCCC(=O)NC(CO)C(O)/C=C/CC/C=C/CC/C=C/CCCCCCCCCCCCCCC. The summed E-state index contributed by atoms with van der Waals surface area (Å²) in [5.74, 6) is -0.0968. The summed E-state index contributed by atoms with van der Waals surface area (Å²) in [6, 6.07) is -0.662. The number of allylic oxidation sites excluding steroid dienone is 17. The van der Waals surface area contributed by atoms with Crippen LogP contribution in [0.1, 0.15) is 219 Å². The average Bonchev–Trinajstić information content (AvgIpc) is 3.25. The number of amides is 1. The molecule has 0 spiro atoms. The second-order valence-corrected chi connectivity index (χ2v) is 16.5. The molecule has 0 rings (SSSR count). The molecule has 2 atom stereocenters. The van der Waals surface area contributed by atoms with Crippen LogP contribution in [-0.4, -0.2) is 34.9 Å². The molecule has 1 amide bonds. The van der Waals surface area contributed by atoms with Gasteiger partial charge >= 0.3 is 0 Å². The number of aliphatic hydroxyl groups is 2. The van der Waals surface area contributed by atoms with Gasteiger partial charge in [0, 0.05) is 6.42 Å². The van der Waals surface area contributed by atoms with E-state index < -0.39 is 12.1 Å². The molecule has 0 heterocycles. The summed E-state index contributed by atoms with van der Waals surface area (Å²) in [6.07, 6.45) is 76.4. The summed E-state index contributed by atoms with van der Waals surface area (Å²) < 4.78 is 0. The minimum Gasteiger partial charge on any atom is -0.394 e. The predicted octanol–water partition coefficient (Wildman–Crippen LogP) is 16.4. The smallest absolute Gasteiger partial charge is 0.220 e. The molecule has 0 saturated carbocycles. The van der Waals surface area contributed by atoms with Crippen molar-refractivity contribution in [2.24, 2.45) is 0 Å². The van der Waals surface area contributed by atoms with Gasteiger partial charge < -0.3 is 15.5 Å². The molecule has 0 bridgehead atoms. The maximum Gasteiger partial charge on any atom is 0.220 e. The molecule has 0 aliphatic rings. The van der Waals surface area contributed by atoms with Crippen LogP contribution in [-0.2, 0) is 4.79 Å². The van der Waals surface area contributed by atoms with Crippen molar-refractivity contribution in [1.82, 2.24) is 5.32 Å². The van der Waals surface area contributed by atoms with Gasteiger partial charge in [0.15, 0.2) is 0 Å². The van der Waals surface area contributed by atoms with E-state index >= 15 is 0 Å². The van der Waals surface area contributed by atoms with Gasteiger partial charge in [0.05, 0.1) is 18.8 Å². The maximum atomic E-state index is 12.4. The molecule has 3 N–H and O–H groups in total. The first-order valence-corrected chi connectivity index (χ1v) is 25.1. The van der Waals surface area contributed by atoms with Crippen LogP contribution in [0, 0.1) is 0 Å². The molecule has 0 aliphatic carbocycles. The van der Waals surface area contributed by atoms with Gasteiger partial charge in [-0.3, -0.25) is 4.79 Å². The Morgan fingerprint density at radius 1 is 0.417 bits per heavy atom. The molecule has 4 nitrogen and oxygen atoms in total. The Labute approximate surface area is 372 Å². The highest BCUT2D eigenvalue weighted by Crippen LogP contribution is 2.14. The average molecular weight is 830 g/mol. The first-order valence-electron chi connectivity index (χ1n) is 25.1. The molecule has 0 fully saturated rings. The zero-order chi connectivity index (χ0) is 43.5. The van der Waals surface area contributed by atoms with Gasteiger partial charge in [-0.1, -0.05) is 226 Å². The number of aliphatic hydroxyl groups excluding tert-OH is 2. The third-order valence-electron chi connectivity index (χ3n) is 10.7. The van der Waals surface area contributed by atoms with E-state index in [0.717, 1.165) is 89.9 Å². The Kier molecular flexibility index (Phi) is 47.9. The molecule has 0 aromatic rings. The van der Waals surface area contributed by atoms with Gasteiger partial charge in [0.1, 0.15) is 0 Å². The summed E-state index contributed by atoms with van der Waals surface area (Å²) in [5.41, 5.74) is 0. The summed E-state index contributed by atoms with van der Waals surface area (Å²) >= 11 is 0. The fourth-order valence-electron chi connectivity index (χ4n) is 6.92. The van der Waals surface area contributed by atoms with Gasteiger partial charge in [-0.25, -0.2) is 0 Å². The monoisotopic (exact) mass is 830 g/mol. The van der Waals surface area contributed by atoms with E-state index in [9.17, 15) is 15.0 Å². The first-order chi connectivity index (χ1) is 29.7. The van der Waals surface area contributed by atoms with E-state index in [2.05, 4.69) is 116 Å². The molecule has 0 aliphatic heterocycles. The van der Waals surface area contributed by atoms with Crippen LogP contribution < -0.4 is 5.32 Å². The number of unbranched alkanes of at least 4 members (excludes halogenated alkanes) is 21. The Balaban J connectivity index is 3.70. The zero-order valence-electron chi connectivity index (χ0n) is 39.2. The van der Waals surface area contributed by atoms with Crippen LogP contribution in [0.4, 0.5) is 0 Å². The molecule has 4 heteroatoms. The van der Waals surface area contributed by atoms with E-state index in [-0.39, 0.29) is 12.5 Å². The van der Waals surface area contributed by atoms with Gasteiger partial charge in [-0.2, -0.15) is 0 Å². The second kappa shape index (κ2) is 50.4. The maximum absolute atomic E-state index is 12.4. The van der Waals surface area contributed by atoms with Crippen LogP contribution in [0.2, 0.25) is 0 Å². The van der Waals surface area contributed by atoms with E-state index in [1.54, 1.807) is 6.08 Å². The van der Waals surface area contributed by atoms with Crippen LogP contribution in [0.15, 0.2) is 109 Å². The van der Waals surface area contributed by atoms with Crippen molar-refractivity contribution >= 4 is 5.91 Å². The number of carbonyl (C=O) groups excluding carboxylic acids is 1. The summed E-state index contributed by atoms with van der Waals surface area (Å²) in [7, 11) is 0. The van der Waals surface area contributed by atoms with Gasteiger partial charge in [-0.05, 0) is 96.3 Å². The topological polar surface area (TPSA) is 69.6 Å². The molecular weight excluding hydrogens is 735 g/mol. The van der Waals surface area contributed by atoms with Crippen molar-refractivity contribution in [2.75, 3.05) is 6.61 Å². The Morgan fingerprint density at radius 3 is 1.17 bits per heavy atom. The third-order valence-corrected chi connectivity index (χ3v) is 10.7. The number of hydrogen-bond acceptors (Lipinski definition) is 3. The van der Waals surface area contributed by atoms with Crippen molar-refractivity contribution in [1.29, 1.82) is 0 Å². The molecule has 0 aromatic carbocycles. The van der Waals surface area contributed by atoms with E-state index in [4.69, 9.17) is 0 Å². The quantitative estimate of drug-likeness (QED) is 0.0423. The minimum atomic E-state index is -0.885. The fourth-order valence-corrected chi connectivity index (χ4v) is 6.92. The first kappa shape index (κ1) is 57.1. The molecule has 0 aromatic heterocycles. The molecule has 0 saturated heterocycles. The van der Waals surface area contributed by atoms with Gasteiger partial charge in [0.25, 0.3) is 0 Å². The lowest BCUT2D eigenvalue weighted by Gasteiger charge is -2.19. The van der Waals surface area contributed by atoms with Crippen molar-refractivity contribution in [2.45, 2.75) is 231 Å². The normalized spacial score (nSPS) is 13.9. The molecule has 2 unspecified atom stereocenters. The highest BCUT2D eigenvalue weighted by atomic mass is 16.3. The van der Waals surface area contributed by atoms with Crippen LogP contribution >= 0.6 is 0 Å². The predicted molar refractivity (Wildman–Crippen MR) is 266 cm³/mol. The van der Waals surface area contributed by atoms with Crippen LogP contribution in [0.5, 0.6) is 0 Å². The van der Waals surface area contributed by atoms with E-state index in [1.807, 2.05) is 6.08 Å². The van der Waals surface area contributed by atoms with E-state index in [0.29, 0.717) is 6.42 Å². The lowest BCUT2D eigenvalue weighted by atomic mass is 10.0. The van der Waals surface area contributed by atoms with E-state index in [1.165, 1.54) is 109 Å².